The number of carboxylic acid groups (broad SMARTS) is 1. The number of aliphatic carboxylic acids is 1. The SMILES string of the molecule is CC1C2CC(CC(=O)O)C(C2)C1C. The molecule has 2 aliphatic carbocycles. The van der Waals surface area contributed by atoms with Crippen LogP contribution in [0.3, 0.4) is 0 Å². The number of carbonyl (C=O) groups is 1. The molecule has 0 heterocycles. The van der Waals surface area contributed by atoms with Gasteiger partial charge in [-0.05, 0) is 42.4 Å². The smallest absolute Gasteiger partial charge is 0.303 e. The van der Waals surface area contributed by atoms with Crippen LogP contribution in [0.25, 0.3) is 0 Å². The number of fused-ring (bicyclic) bond motifs is 2. The van der Waals surface area contributed by atoms with E-state index in [1.807, 2.05) is 0 Å². The van der Waals surface area contributed by atoms with Gasteiger partial charge in [0.05, 0.1) is 0 Å². The highest BCUT2D eigenvalue weighted by Crippen LogP contribution is 2.55. The Hall–Kier alpha value is -0.530. The second-order valence-corrected chi connectivity index (χ2v) is 4.97. The molecule has 13 heavy (non-hydrogen) atoms. The summed E-state index contributed by atoms with van der Waals surface area (Å²) < 4.78 is 0. The van der Waals surface area contributed by atoms with Gasteiger partial charge in [-0.1, -0.05) is 13.8 Å². The lowest BCUT2D eigenvalue weighted by atomic mass is 9.74. The van der Waals surface area contributed by atoms with E-state index in [1.54, 1.807) is 0 Å². The van der Waals surface area contributed by atoms with E-state index in [1.165, 1.54) is 12.8 Å². The van der Waals surface area contributed by atoms with Crippen molar-refractivity contribution in [2.75, 3.05) is 0 Å². The first-order valence-corrected chi connectivity index (χ1v) is 5.31. The van der Waals surface area contributed by atoms with Crippen LogP contribution in [0.5, 0.6) is 0 Å². The molecule has 2 bridgehead atoms. The van der Waals surface area contributed by atoms with E-state index in [2.05, 4.69) is 13.8 Å². The summed E-state index contributed by atoms with van der Waals surface area (Å²) in [6.07, 6.45) is 2.86. The van der Waals surface area contributed by atoms with Gasteiger partial charge in [-0.25, -0.2) is 0 Å². The van der Waals surface area contributed by atoms with Crippen molar-refractivity contribution in [3.8, 4) is 0 Å². The monoisotopic (exact) mass is 182 g/mol. The Balaban J connectivity index is 2.02. The highest BCUT2D eigenvalue weighted by molar-refractivity contribution is 5.67. The summed E-state index contributed by atoms with van der Waals surface area (Å²) in [4.78, 5) is 10.6. The van der Waals surface area contributed by atoms with E-state index in [0.29, 0.717) is 18.3 Å². The van der Waals surface area contributed by atoms with Crippen molar-refractivity contribution in [2.45, 2.75) is 33.1 Å². The van der Waals surface area contributed by atoms with Crippen LogP contribution in [0.4, 0.5) is 0 Å². The van der Waals surface area contributed by atoms with Gasteiger partial charge in [-0.3, -0.25) is 4.79 Å². The lowest BCUT2D eigenvalue weighted by molar-refractivity contribution is -0.138. The standard InChI is InChI=1S/C11H18O2/c1-6-7(2)10-4-8(6)3-9(10)5-11(12)13/h6-10H,3-5H2,1-2H3,(H,12,13). The Labute approximate surface area is 79.3 Å². The Morgan fingerprint density at radius 3 is 2.46 bits per heavy atom. The van der Waals surface area contributed by atoms with E-state index < -0.39 is 5.97 Å². The van der Waals surface area contributed by atoms with Crippen molar-refractivity contribution in [1.82, 2.24) is 0 Å². The minimum absolute atomic E-state index is 0.401. The topological polar surface area (TPSA) is 37.3 Å². The molecule has 2 heteroatoms. The molecule has 0 aliphatic heterocycles. The van der Waals surface area contributed by atoms with Gasteiger partial charge in [-0.2, -0.15) is 0 Å². The van der Waals surface area contributed by atoms with Crippen LogP contribution < -0.4 is 0 Å². The summed E-state index contributed by atoms with van der Waals surface area (Å²) in [5.74, 6) is 2.98. The second kappa shape index (κ2) is 3.00. The zero-order valence-electron chi connectivity index (χ0n) is 8.36. The first kappa shape index (κ1) is 9.04. The molecule has 0 amide bonds. The van der Waals surface area contributed by atoms with Crippen molar-refractivity contribution < 1.29 is 9.90 Å². The van der Waals surface area contributed by atoms with Gasteiger partial charge in [0, 0.05) is 6.42 Å². The third kappa shape index (κ3) is 1.36. The normalized spacial score (nSPS) is 48.3. The quantitative estimate of drug-likeness (QED) is 0.712. The molecule has 2 aliphatic rings. The maximum Gasteiger partial charge on any atom is 0.303 e. The molecular weight excluding hydrogens is 164 g/mol. The molecule has 5 atom stereocenters. The minimum Gasteiger partial charge on any atom is -0.481 e. The molecule has 1 N–H and O–H groups in total. The Morgan fingerprint density at radius 1 is 1.31 bits per heavy atom. The van der Waals surface area contributed by atoms with Crippen molar-refractivity contribution >= 4 is 5.97 Å². The summed E-state index contributed by atoms with van der Waals surface area (Å²) in [6, 6.07) is 0. The summed E-state index contributed by atoms with van der Waals surface area (Å²) in [6.45, 7) is 4.62. The molecule has 2 fully saturated rings. The van der Waals surface area contributed by atoms with Crippen LogP contribution in [0, 0.1) is 29.6 Å². The fraction of sp³-hybridized carbons (Fsp3) is 0.909. The Kier molecular flexibility index (Phi) is 2.09. The highest BCUT2D eigenvalue weighted by Gasteiger charge is 2.48. The fourth-order valence-corrected chi connectivity index (χ4v) is 3.55. The maximum absolute atomic E-state index is 10.6. The van der Waals surface area contributed by atoms with Gasteiger partial charge in [0.25, 0.3) is 0 Å². The van der Waals surface area contributed by atoms with E-state index in [0.717, 1.165) is 17.8 Å². The van der Waals surface area contributed by atoms with E-state index in [-0.39, 0.29) is 0 Å². The number of hydrogen-bond donors (Lipinski definition) is 1. The van der Waals surface area contributed by atoms with Gasteiger partial charge >= 0.3 is 5.97 Å². The first-order chi connectivity index (χ1) is 6.09. The van der Waals surface area contributed by atoms with E-state index >= 15 is 0 Å². The molecule has 2 rings (SSSR count). The number of hydrogen-bond acceptors (Lipinski definition) is 1. The van der Waals surface area contributed by atoms with Crippen LogP contribution in [0.2, 0.25) is 0 Å². The zero-order valence-corrected chi connectivity index (χ0v) is 8.36. The summed E-state index contributed by atoms with van der Waals surface area (Å²) >= 11 is 0. The third-order valence-electron chi connectivity index (χ3n) is 4.47. The second-order valence-electron chi connectivity index (χ2n) is 4.97. The van der Waals surface area contributed by atoms with Crippen molar-refractivity contribution in [1.29, 1.82) is 0 Å². The average Bonchev–Trinajstić information content (AvgIpc) is 2.53. The van der Waals surface area contributed by atoms with Gasteiger partial charge in [-0.15, -0.1) is 0 Å². The molecule has 74 valence electrons. The van der Waals surface area contributed by atoms with Crippen LogP contribution >= 0.6 is 0 Å². The maximum atomic E-state index is 10.6. The van der Waals surface area contributed by atoms with Crippen LogP contribution in [0.1, 0.15) is 33.1 Å². The van der Waals surface area contributed by atoms with Crippen molar-refractivity contribution in [3.05, 3.63) is 0 Å². The lowest BCUT2D eigenvalue weighted by Gasteiger charge is -2.30. The highest BCUT2D eigenvalue weighted by atomic mass is 16.4. The van der Waals surface area contributed by atoms with Crippen molar-refractivity contribution in [2.24, 2.45) is 29.6 Å². The Morgan fingerprint density at radius 2 is 2.00 bits per heavy atom. The van der Waals surface area contributed by atoms with Gasteiger partial charge in [0.2, 0.25) is 0 Å². The predicted octanol–water partition coefficient (Wildman–Crippen LogP) is 2.39. The summed E-state index contributed by atoms with van der Waals surface area (Å²) in [5, 5.41) is 8.75. The molecule has 0 spiro atoms. The molecular formula is C11H18O2. The molecule has 5 unspecified atom stereocenters. The fourth-order valence-electron chi connectivity index (χ4n) is 3.55. The molecule has 0 saturated heterocycles. The summed E-state index contributed by atoms with van der Waals surface area (Å²) in [7, 11) is 0. The Bertz CT molecular complexity index is 222. The lowest BCUT2D eigenvalue weighted by Crippen LogP contribution is -2.25. The van der Waals surface area contributed by atoms with Crippen LogP contribution in [-0.4, -0.2) is 11.1 Å². The molecule has 0 radical (unpaired) electrons. The number of rotatable bonds is 2. The molecule has 0 aromatic heterocycles. The average molecular weight is 182 g/mol. The first-order valence-electron chi connectivity index (χ1n) is 5.31. The van der Waals surface area contributed by atoms with Crippen LogP contribution in [0.15, 0.2) is 0 Å². The van der Waals surface area contributed by atoms with Gasteiger partial charge < -0.3 is 5.11 Å². The third-order valence-corrected chi connectivity index (χ3v) is 4.47. The van der Waals surface area contributed by atoms with Gasteiger partial charge in [0.15, 0.2) is 0 Å². The molecule has 2 saturated carbocycles. The number of carboxylic acids is 1. The molecule has 0 aromatic rings. The molecule has 0 aromatic carbocycles. The van der Waals surface area contributed by atoms with Crippen LogP contribution in [-0.2, 0) is 4.79 Å². The summed E-state index contributed by atoms with van der Waals surface area (Å²) in [5.41, 5.74) is 0. The molecule has 2 nitrogen and oxygen atoms in total. The van der Waals surface area contributed by atoms with E-state index in [4.69, 9.17) is 5.11 Å². The van der Waals surface area contributed by atoms with Gasteiger partial charge in [0.1, 0.15) is 0 Å². The van der Waals surface area contributed by atoms with E-state index in [9.17, 15) is 4.79 Å². The largest absolute Gasteiger partial charge is 0.481 e. The minimum atomic E-state index is -0.614. The van der Waals surface area contributed by atoms with Crippen molar-refractivity contribution in [3.63, 3.8) is 0 Å². The zero-order chi connectivity index (χ0) is 9.59. The predicted molar refractivity (Wildman–Crippen MR) is 50.3 cm³/mol.